The smallest absolute Gasteiger partial charge is 0.188 e. The molecule has 3 N–H and O–H groups in total. The molecular weight excluding hydrogens is 252 g/mol. The van der Waals surface area contributed by atoms with E-state index in [-0.39, 0.29) is 0 Å². The van der Waals surface area contributed by atoms with Crippen LogP contribution in [0.15, 0.2) is 4.99 Å². The van der Waals surface area contributed by atoms with E-state index in [1.807, 2.05) is 0 Å². The number of aliphatic imine (C=N–C) groups is 1. The van der Waals surface area contributed by atoms with Gasteiger partial charge in [0, 0.05) is 25.8 Å². The van der Waals surface area contributed by atoms with Gasteiger partial charge in [-0.1, -0.05) is 20.3 Å². The van der Waals surface area contributed by atoms with Crippen molar-refractivity contribution in [2.45, 2.75) is 52.0 Å². The number of likely N-dealkylation sites (tertiary alicyclic amines) is 1. The third-order valence-electron chi connectivity index (χ3n) is 3.79. The lowest BCUT2D eigenvalue weighted by molar-refractivity contribution is 0.129. The zero-order valence-electron chi connectivity index (χ0n) is 13.2. The molecule has 1 rings (SSSR count). The third kappa shape index (κ3) is 7.10. The molecule has 0 radical (unpaired) electrons. The van der Waals surface area contributed by atoms with Gasteiger partial charge in [-0.25, -0.2) is 0 Å². The Kier molecular flexibility index (Phi) is 9.41. The number of guanidine groups is 1. The summed E-state index contributed by atoms with van der Waals surface area (Å²) in [4.78, 5) is 6.94. The summed E-state index contributed by atoms with van der Waals surface area (Å²) in [6.07, 6.45) is 5.84. The van der Waals surface area contributed by atoms with Gasteiger partial charge in [-0.3, -0.25) is 9.89 Å². The van der Waals surface area contributed by atoms with Gasteiger partial charge >= 0.3 is 0 Å². The highest BCUT2D eigenvalue weighted by Gasteiger charge is 2.22. The normalized spacial score (nSPS) is 20.5. The quantitative estimate of drug-likeness (QED) is 0.363. The molecule has 0 aliphatic carbocycles. The van der Waals surface area contributed by atoms with Crippen LogP contribution in [0.2, 0.25) is 0 Å². The molecule has 0 aromatic rings. The zero-order chi connectivity index (χ0) is 14.6. The Bertz CT molecular complexity index is 271. The predicted octanol–water partition coefficient (Wildman–Crippen LogP) is 1.58. The zero-order valence-corrected chi connectivity index (χ0v) is 13.2. The molecular formula is C15H32N4O. The first kappa shape index (κ1) is 17.2. The molecule has 1 atom stereocenters. The Labute approximate surface area is 124 Å². The predicted molar refractivity (Wildman–Crippen MR) is 85.1 cm³/mol. The van der Waals surface area contributed by atoms with Crippen LogP contribution in [0.1, 0.15) is 46.0 Å². The maximum absolute atomic E-state index is 5.88. The summed E-state index contributed by atoms with van der Waals surface area (Å²) < 4.78 is 5.50. The average molecular weight is 284 g/mol. The van der Waals surface area contributed by atoms with E-state index >= 15 is 0 Å². The molecule has 0 aromatic heterocycles. The molecule has 0 saturated carbocycles. The van der Waals surface area contributed by atoms with Crippen molar-refractivity contribution < 1.29 is 4.74 Å². The van der Waals surface area contributed by atoms with Gasteiger partial charge in [0.05, 0.1) is 6.54 Å². The lowest BCUT2D eigenvalue weighted by Crippen LogP contribution is -2.36. The molecule has 5 heteroatoms. The lowest BCUT2D eigenvalue weighted by atomic mass is 10.2. The van der Waals surface area contributed by atoms with Crippen LogP contribution >= 0.6 is 0 Å². The minimum absolute atomic E-state index is 0.571. The highest BCUT2D eigenvalue weighted by Crippen LogP contribution is 2.16. The first-order valence-corrected chi connectivity index (χ1v) is 8.13. The highest BCUT2D eigenvalue weighted by atomic mass is 16.5. The van der Waals surface area contributed by atoms with Crippen molar-refractivity contribution in [3.8, 4) is 0 Å². The van der Waals surface area contributed by atoms with Crippen molar-refractivity contribution in [2.75, 3.05) is 39.4 Å². The van der Waals surface area contributed by atoms with Crippen LogP contribution in [0.5, 0.6) is 0 Å². The topological polar surface area (TPSA) is 62.9 Å². The Hall–Kier alpha value is -0.810. The number of nitrogens with zero attached hydrogens (tertiary/aromatic N) is 2. The van der Waals surface area contributed by atoms with Gasteiger partial charge in [0.25, 0.3) is 0 Å². The van der Waals surface area contributed by atoms with Crippen LogP contribution in [0.25, 0.3) is 0 Å². The average Bonchev–Trinajstić information content (AvgIpc) is 2.91. The molecule has 0 amide bonds. The van der Waals surface area contributed by atoms with E-state index < -0.39 is 0 Å². The molecule has 1 fully saturated rings. The van der Waals surface area contributed by atoms with Crippen molar-refractivity contribution in [1.82, 2.24) is 10.2 Å². The van der Waals surface area contributed by atoms with Crippen LogP contribution < -0.4 is 11.1 Å². The van der Waals surface area contributed by atoms with Gasteiger partial charge in [-0.15, -0.1) is 0 Å². The van der Waals surface area contributed by atoms with E-state index in [9.17, 15) is 0 Å². The largest absolute Gasteiger partial charge is 0.381 e. The maximum atomic E-state index is 5.88. The van der Waals surface area contributed by atoms with E-state index in [1.54, 1.807) is 0 Å². The number of hydrogen-bond acceptors (Lipinski definition) is 3. The minimum Gasteiger partial charge on any atom is -0.381 e. The number of nitrogens with two attached hydrogens (primary N) is 1. The number of unbranched alkanes of at least 4 members (excludes halogenated alkanes) is 1. The van der Waals surface area contributed by atoms with Crippen molar-refractivity contribution in [3.05, 3.63) is 0 Å². The second kappa shape index (κ2) is 10.9. The van der Waals surface area contributed by atoms with Crippen molar-refractivity contribution in [2.24, 2.45) is 10.7 Å². The van der Waals surface area contributed by atoms with E-state index in [1.165, 1.54) is 25.8 Å². The summed E-state index contributed by atoms with van der Waals surface area (Å²) in [5.41, 5.74) is 5.88. The van der Waals surface area contributed by atoms with E-state index in [4.69, 9.17) is 10.5 Å². The van der Waals surface area contributed by atoms with Gasteiger partial charge in [-0.2, -0.15) is 0 Å². The second-order valence-corrected chi connectivity index (χ2v) is 5.40. The summed E-state index contributed by atoms with van der Waals surface area (Å²) in [5.74, 6) is 0.571. The molecule has 0 spiro atoms. The van der Waals surface area contributed by atoms with Crippen LogP contribution in [0, 0.1) is 0 Å². The molecule has 5 nitrogen and oxygen atoms in total. The molecule has 118 valence electrons. The number of ether oxygens (including phenoxy) is 1. The summed E-state index contributed by atoms with van der Waals surface area (Å²) >= 11 is 0. The number of likely N-dealkylation sites (N-methyl/N-ethyl adjacent to an activating group) is 1. The molecule has 1 aliphatic heterocycles. The minimum atomic E-state index is 0.571. The fourth-order valence-corrected chi connectivity index (χ4v) is 2.52. The summed E-state index contributed by atoms with van der Waals surface area (Å²) in [6.45, 7) is 10.0. The van der Waals surface area contributed by atoms with E-state index in [2.05, 4.69) is 29.1 Å². The Balaban J connectivity index is 2.04. The van der Waals surface area contributed by atoms with Gasteiger partial charge in [0.1, 0.15) is 0 Å². The SMILES string of the molecule is CCCCOCCCNC(N)=NCC1CCCN1CC. The van der Waals surface area contributed by atoms with Crippen molar-refractivity contribution in [3.63, 3.8) is 0 Å². The molecule has 1 unspecified atom stereocenters. The lowest BCUT2D eigenvalue weighted by Gasteiger charge is -2.20. The molecule has 1 saturated heterocycles. The van der Waals surface area contributed by atoms with Crippen LogP contribution in [-0.4, -0.2) is 56.3 Å². The molecule has 0 bridgehead atoms. The van der Waals surface area contributed by atoms with Crippen molar-refractivity contribution in [1.29, 1.82) is 0 Å². The second-order valence-electron chi connectivity index (χ2n) is 5.40. The molecule has 1 aliphatic rings. The fourth-order valence-electron chi connectivity index (χ4n) is 2.52. The first-order valence-electron chi connectivity index (χ1n) is 8.13. The molecule has 1 heterocycles. The van der Waals surface area contributed by atoms with Crippen molar-refractivity contribution >= 4 is 5.96 Å². The van der Waals surface area contributed by atoms with E-state index in [0.717, 1.165) is 45.7 Å². The number of hydrogen-bond donors (Lipinski definition) is 2. The van der Waals surface area contributed by atoms with E-state index in [0.29, 0.717) is 12.0 Å². The van der Waals surface area contributed by atoms with Gasteiger partial charge < -0.3 is 15.8 Å². The number of rotatable bonds is 10. The Morgan fingerprint density at radius 1 is 1.35 bits per heavy atom. The van der Waals surface area contributed by atoms with Gasteiger partial charge in [0.2, 0.25) is 0 Å². The maximum Gasteiger partial charge on any atom is 0.188 e. The summed E-state index contributed by atoms with van der Waals surface area (Å²) in [5, 5.41) is 3.16. The molecule has 0 aromatic carbocycles. The summed E-state index contributed by atoms with van der Waals surface area (Å²) in [7, 11) is 0. The van der Waals surface area contributed by atoms with Crippen LogP contribution in [-0.2, 0) is 4.74 Å². The molecule has 20 heavy (non-hydrogen) atoms. The highest BCUT2D eigenvalue weighted by molar-refractivity contribution is 5.77. The van der Waals surface area contributed by atoms with Crippen LogP contribution in [0.3, 0.4) is 0 Å². The van der Waals surface area contributed by atoms with Gasteiger partial charge in [0.15, 0.2) is 5.96 Å². The monoisotopic (exact) mass is 284 g/mol. The number of nitrogens with one attached hydrogen (secondary N) is 1. The first-order chi connectivity index (χ1) is 9.77. The fraction of sp³-hybridized carbons (Fsp3) is 0.933. The van der Waals surface area contributed by atoms with Gasteiger partial charge in [-0.05, 0) is 38.8 Å². The summed E-state index contributed by atoms with van der Waals surface area (Å²) in [6, 6.07) is 0.581. The third-order valence-corrected chi connectivity index (χ3v) is 3.79. The van der Waals surface area contributed by atoms with Crippen LogP contribution in [0.4, 0.5) is 0 Å². The Morgan fingerprint density at radius 3 is 2.90 bits per heavy atom. The Morgan fingerprint density at radius 2 is 2.15 bits per heavy atom. The standard InChI is InChI=1S/C15H32N4O/c1-3-5-11-20-12-7-9-17-15(16)18-13-14-8-6-10-19(14)4-2/h14H,3-13H2,1-2H3,(H3,16,17,18).